The lowest BCUT2D eigenvalue weighted by Gasteiger charge is -2.25. The molecule has 100 valence electrons. The van der Waals surface area contributed by atoms with Gasteiger partial charge in [0, 0.05) is 23.7 Å². The molecular formula is C14H20ClNO2. The standard InChI is InChI=1S/C14H20ClNO2/c15-13-7-2-1-6-12(13)14(9-16)18-10-11-5-3-4-8-17-11/h1-2,6-7,11,14H,3-5,8-10,16H2. The average Bonchev–Trinajstić information content (AvgIpc) is 2.42. The van der Waals surface area contributed by atoms with Crippen LogP contribution in [0.25, 0.3) is 0 Å². The van der Waals surface area contributed by atoms with E-state index >= 15 is 0 Å². The van der Waals surface area contributed by atoms with E-state index in [4.69, 9.17) is 26.8 Å². The van der Waals surface area contributed by atoms with Crippen molar-refractivity contribution in [2.24, 2.45) is 5.73 Å². The highest BCUT2D eigenvalue weighted by atomic mass is 35.5. The second-order valence-corrected chi connectivity index (χ2v) is 4.97. The zero-order valence-electron chi connectivity index (χ0n) is 10.5. The number of benzene rings is 1. The van der Waals surface area contributed by atoms with Gasteiger partial charge in [-0.05, 0) is 25.3 Å². The van der Waals surface area contributed by atoms with Crippen molar-refractivity contribution < 1.29 is 9.47 Å². The van der Waals surface area contributed by atoms with Gasteiger partial charge >= 0.3 is 0 Å². The smallest absolute Gasteiger partial charge is 0.0962 e. The Bertz CT molecular complexity index is 367. The average molecular weight is 270 g/mol. The highest BCUT2D eigenvalue weighted by Gasteiger charge is 2.18. The van der Waals surface area contributed by atoms with Crippen molar-refractivity contribution in [3.63, 3.8) is 0 Å². The minimum atomic E-state index is -0.149. The molecule has 1 heterocycles. The third-order valence-corrected chi connectivity index (χ3v) is 3.57. The summed E-state index contributed by atoms with van der Waals surface area (Å²) in [6.07, 6.45) is 3.49. The molecule has 18 heavy (non-hydrogen) atoms. The van der Waals surface area contributed by atoms with Gasteiger partial charge in [0.25, 0.3) is 0 Å². The van der Waals surface area contributed by atoms with E-state index in [9.17, 15) is 0 Å². The summed E-state index contributed by atoms with van der Waals surface area (Å²) in [5.74, 6) is 0. The van der Waals surface area contributed by atoms with E-state index in [1.165, 1.54) is 6.42 Å². The second kappa shape index (κ2) is 7.10. The van der Waals surface area contributed by atoms with Crippen molar-refractivity contribution in [2.75, 3.05) is 19.8 Å². The second-order valence-electron chi connectivity index (χ2n) is 4.57. The van der Waals surface area contributed by atoms with Crippen LogP contribution in [-0.2, 0) is 9.47 Å². The van der Waals surface area contributed by atoms with Crippen molar-refractivity contribution >= 4 is 11.6 Å². The normalized spacial score (nSPS) is 21.8. The summed E-state index contributed by atoms with van der Waals surface area (Å²) in [4.78, 5) is 0. The first-order chi connectivity index (χ1) is 8.81. The zero-order chi connectivity index (χ0) is 12.8. The molecule has 0 radical (unpaired) electrons. The van der Waals surface area contributed by atoms with E-state index in [0.717, 1.165) is 25.0 Å². The molecule has 0 saturated carbocycles. The van der Waals surface area contributed by atoms with Crippen LogP contribution in [0, 0.1) is 0 Å². The molecule has 3 nitrogen and oxygen atoms in total. The predicted octanol–water partition coefficient (Wildman–Crippen LogP) is 2.93. The maximum atomic E-state index is 6.15. The van der Waals surface area contributed by atoms with Crippen LogP contribution in [0.15, 0.2) is 24.3 Å². The summed E-state index contributed by atoms with van der Waals surface area (Å²) in [6.45, 7) is 1.86. The largest absolute Gasteiger partial charge is 0.376 e. The summed E-state index contributed by atoms with van der Waals surface area (Å²) >= 11 is 6.15. The molecule has 4 heteroatoms. The van der Waals surface area contributed by atoms with E-state index in [0.29, 0.717) is 18.2 Å². The van der Waals surface area contributed by atoms with E-state index in [2.05, 4.69) is 0 Å². The Kier molecular flexibility index (Phi) is 5.45. The van der Waals surface area contributed by atoms with Crippen LogP contribution in [0.4, 0.5) is 0 Å². The third kappa shape index (κ3) is 3.69. The molecule has 1 aliphatic rings. The van der Waals surface area contributed by atoms with Crippen molar-refractivity contribution in [2.45, 2.75) is 31.5 Å². The van der Waals surface area contributed by atoms with Gasteiger partial charge in [-0.15, -0.1) is 0 Å². The highest BCUT2D eigenvalue weighted by Crippen LogP contribution is 2.25. The van der Waals surface area contributed by atoms with Gasteiger partial charge in [0.05, 0.1) is 18.8 Å². The van der Waals surface area contributed by atoms with Crippen molar-refractivity contribution in [3.05, 3.63) is 34.9 Å². The topological polar surface area (TPSA) is 44.5 Å². The molecule has 2 N–H and O–H groups in total. The molecule has 0 aromatic heterocycles. The summed E-state index contributed by atoms with van der Waals surface area (Å²) in [5.41, 5.74) is 6.72. The molecule has 2 rings (SSSR count). The molecular weight excluding hydrogens is 250 g/mol. The monoisotopic (exact) mass is 269 g/mol. The van der Waals surface area contributed by atoms with Gasteiger partial charge in [0.15, 0.2) is 0 Å². The first-order valence-corrected chi connectivity index (χ1v) is 6.86. The molecule has 1 saturated heterocycles. The summed E-state index contributed by atoms with van der Waals surface area (Å²) in [7, 11) is 0. The molecule has 2 unspecified atom stereocenters. The number of ether oxygens (including phenoxy) is 2. The van der Waals surface area contributed by atoms with E-state index in [1.807, 2.05) is 24.3 Å². The molecule has 0 aliphatic carbocycles. The SMILES string of the molecule is NCC(OCC1CCCCO1)c1ccccc1Cl. The van der Waals surface area contributed by atoms with Crippen molar-refractivity contribution in [3.8, 4) is 0 Å². The van der Waals surface area contributed by atoms with Gasteiger partial charge < -0.3 is 15.2 Å². The van der Waals surface area contributed by atoms with Crippen molar-refractivity contribution in [1.82, 2.24) is 0 Å². The fraction of sp³-hybridized carbons (Fsp3) is 0.571. The van der Waals surface area contributed by atoms with E-state index in [-0.39, 0.29) is 12.2 Å². The Labute approximate surface area is 113 Å². The van der Waals surface area contributed by atoms with E-state index < -0.39 is 0 Å². The molecule has 1 aromatic carbocycles. The van der Waals surface area contributed by atoms with Crippen LogP contribution in [0.3, 0.4) is 0 Å². The molecule has 1 fully saturated rings. The first-order valence-electron chi connectivity index (χ1n) is 6.49. The van der Waals surface area contributed by atoms with Gasteiger partial charge in [-0.3, -0.25) is 0 Å². The summed E-state index contributed by atoms with van der Waals surface area (Å²) < 4.78 is 11.5. The maximum absolute atomic E-state index is 6.15. The van der Waals surface area contributed by atoms with Crippen molar-refractivity contribution in [1.29, 1.82) is 0 Å². The number of halogens is 1. The van der Waals surface area contributed by atoms with Gasteiger partial charge in [-0.1, -0.05) is 29.8 Å². The highest BCUT2D eigenvalue weighted by molar-refractivity contribution is 6.31. The molecule has 0 amide bonds. The molecule has 2 atom stereocenters. The van der Waals surface area contributed by atoms with Crippen LogP contribution in [0.2, 0.25) is 5.02 Å². The minimum absolute atomic E-state index is 0.149. The lowest BCUT2D eigenvalue weighted by Crippen LogP contribution is -2.27. The van der Waals surface area contributed by atoms with Gasteiger partial charge in [0.2, 0.25) is 0 Å². The summed E-state index contributed by atoms with van der Waals surface area (Å²) in [6, 6.07) is 7.68. The van der Waals surface area contributed by atoms with Crippen LogP contribution < -0.4 is 5.73 Å². The van der Waals surface area contributed by atoms with Gasteiger partial charge in [-0.25, -0.2) is 0 Å². The maximum Gasteiger partial charge on any atom is 0.0962 e. The Morgan fingerprint density at radius 3 is 2.89 bits per heavy atom. The number of rotatable bonds is 5. The Balaban J connectivity index is 1.91. The quantitative estimate of drug-likeness (QED) is 0.894. The van der Waals surface area contributed by atoms with Crippen LogP contribution in [0.1, 0.15) is 30.9 Å². The predicted molar refractivity (Wildman–Crippen MR) is 72.8 cm³/mol. The fourth-order valence-electron chi connectivity index (χ4n) is 2.18. The lowest BCUT2D eigenvalue weighted by atomic mass is 10.1. The summed E-state index contributed by atoms with van der Waals surface area (Å²) in [5, 5.41) is 0.706. The molecule has 1 aliphatic heterocycles. The Morgan fingerprint density at radius 1 is 1.39 bits per heavy atom. The van der Waals surface area contributed by atoms with Crippen LogP contribution in [-0.4, -0.2) is 25.9 Å². The Morgan fingerprint density at radius 2 is 2.22 bits per heavy atom. The number of hydrogen-bond donors (Lipinski definition) is 1. The van der Waals surface area contributed by atoms with Gasteiger partial charge in [-0.2, -0.15) is 0 Å². The number of hydrogen-bond acceptors (Lipinski definition) is 3. The minimum Gasteiger partial charge on any atom is -0.376 e. The first kappa shape index (κ1) is 13.8. The molecule has 1 aromatic rings. The lowest BCUT2D eigenvalue weighted by molar-refractivity contribution is -0.0617. The molecule has 0 spiro atoms. The van der Waals surface area contributed by atoms with Gasteiger partial charge in [0.1, 0.15) is 0 Å². The molecule has 0 bridgehead atoms. The van der Waals surface area contributed by atoms with Crippen LogP contribution >= 0.6 is 11.6 Å². The third-order valence-electron chi connectivity index (χ3n) is 3.22. The number of nitrogens with two attached hydrogens (primary N) is 1. The van der Waals surface area contributed by atoms with E-state index in [1.54, 1.807) is 0 Å². The zero-order valence-corrected chi connectivity index (χ0v) is 11.2. The van der Waals surface area contributed by atoms with Crippen LogP contribution in [0.5, 0.6) is 0 Å². The fourth-order valence-corrected chi connectivity index (χ4v) is 2.44. The Hall–Kier alpha value is -0.610.